The Morgan fingerprint density at radius 2 is 2.06 bits per heavy atom. The molecule has 0 spiro atoms. The predicted molar refractivity (Wildman–Crippen MR) is 116 cm³/mol. The number of aryl methyl sites for hydroxylation is 1. The minimum atomic E-state index is -1.11. The molecule has 1 aliphatic heterocycles. The summed E-state index contributed by atoms with van der Waals surface area (Å²) in [6, 6.07) is 5.33. The third-order valence-electron chi connectivity index (χ3n) is 6.13. The molecule has 0 aromatic carbocycles. The first kappa shape index (κ1) is 19.3. The molecule has 2 aliphatic rings. The molecule has 0 bridgehead atoms. The van der Waals surface area contributed by atoms with E-state index in [1.54, 1.807) is 24.5 Å². The number of carbonyl (C=O) groups is 1. The number of pyridine rings is 3. The standard InChI is InChI=1S/C23H21N5O4/c1-12-15-9-25-19(27-21(29)13-2-3-13)8-14(15)16(10-24-12)22-28-20-17(32-22)4-5-18(26-20)23(30)6-7-31-11-23/h4-5,8-10,13,30H,2-3,6-7,11H2,1H3,(H,25,27,29). The van der Waals surface area contributed by atoms with Crippen LogP contribution in [0, 0.1) is 12.8 Å². The molecule has 32 heavy (non-hydrogen) atoms. The highest BCUT2D eigenvalue weighted by atomic mass is 16.5. The topological polar surface area (TPSA) is 123 Å². The zero-order valence-corrected chi connectivity index (χ0v) is 17.5. The van der Waals surface area contributed by atoms with Crippen molar-refractivity contribution in [2.45, 2.75) is 31.8 Å². The largest absolute Gasteiger partial charge is 0.434 e. The first-order valence-corrected chi connectivity index (χ1v) is 10.6. The minimum absolute atomic E-state index is 0.00315. The first-order chi connectivity index (χ1) is 15.5. The number of aromatic nitrogens is 4. The van der Waals surface area contributed by atoms with Gasteiger partial charge in [-0.3, -0.25) is 9.78 Å². The summed E-state index contributed by atoms with van der Waals surface area (Å²) in [6.45, 7) is 2.61. The maximum atomic E-state index is 12.2. The fourth-order valence-electron chi connectivity index (χ4n) is 4.03. The Bertz CT molecular complexity index is 1370. The third-order valence-corrected chi connectivity index (χ3v) is 6.13. The van der Waals surface area contributed by atoms with Crippen LogP contribution in [-0.4, -0.2) is 44.2 Å². The fourth-order valence-corrected chi connectivity index (χ4v) is 4.03. The molecule has 0 radical (unpaired) electrons. The molecular formula is C23H21N5O4. The lowest BCUT2D eigenvalue weighted by molar-refractivity contribution is -0.117. The highest BCUT2D eigenvalue weighted by molar-refractivity contribution is 6.00. The fraction of sp³-hybridized carbons (Fsp3) is 0.348. The Hall–Kier alpha value is -3.43. The van der Waals surface area contributed by atoms with E-state index in [1.165, 1.54) is 0 Å². The van der Waals surface area contributed by atoms with Gasteiger partial charge in [0.25, 0.3) is 0 Å². The van der Waals surface area contributed by atoms with E-state index < -0.39 is 5.60 Å². The number of amides is 1. The molecule has 2 fully saturated rings. The monoisotopic (exact) mass is 431 g/mol. The molecule has 1 amide bonds. The van der Waals surface area contributed by atoms with Crippen molar-refractivity contribution >= 4 is 33.7 Å². The number of nitrogens with one attached hydrogen (secondary N) is 1. The van der Waals surface area contributed by atoms with Gasteiger partial charge in [0.15, 0.2) is 11.2 Å². The molecule has 9 nitrogen and oxygen atoms in total. The Labute approximate surface area is 182 Å². The smallest absolute Gasteiger partial charge is 0.231 e. The van der Waals surface area contributed by atoms with Gasteiger partial charge in [-0.1, -0.05) is 0 Å². The van der Waals surface area contributed by atoms with Gasteiger partial charge < -0.3 is 19.6 Å². The van der Waals surface area contributed by atoms with E-state index in [1.807, 2.05) is 13.0 Å². The number of fused-ring (bicyclic) bond motifs is 2. The summed E-state index contributed by atoms with van der Waals surface area (Å²) in [4.78, 5) is 30.1. The van der Waals surface area contributed by atoms with E-state index in [0.29, 0.717) is 47.2 Å². The summed E-state index contributed by atoms with van der Waals surface area (Å²) in [7, 11) is 0. The number of aliphatic hydroxyl groups is 1. The van der Waals surface area contributed by atoms with Gasteiger partial charge in [-0.15, -0.1) is 0 Å². The van der Waals surface area contributed by atoms with E-state index in [9.17, 15) is 9.90 Å². The summed E-state index contributed by atoms with van der Waals surface area (Å²) in [5.74, 6) is 0.934. The van der Waals surface area contributed by atoms with Gasteiger partial charge in [0.2, 0.25) is 11.8 Å². The quantitative estimate of drug-likeness (QED) is 0.505. The lowest BCUT2D eigenvalue weighted by atomic mass is 9.98. The molecule has 2 N–H and O–H groups in total. The van der Waals surface area contributed by atoms with Gasteiger partial charge in [0, 0.05) is 47.8 Å². The van der Waals surface area contributed by atoms with Crippen LogP contribution in [0.1, 0.15) is 30.7 Å². The average molecular weight is 431 g/mol. The molecule has 4 aromatic heterocycles. The summed E-state index contributed by atoms with van der Waals surface area (Å²) in [5.41, 5.74) is 1.82. The Kier molecular flexibility index (Phi) is 4.24. The lowest BCUT2D eigenvalue weighted by Crippen LogP contribution is -2.26. The summed E-state index contributed by atoms with van der Waals surface area (Å²) < 4.78 is 11.3. The second-order valence-corrected chi connectivity index (χ2v) is 8.51. The molecule has 4 aromatic rings. The molecule has 5 heterocycles. The number of ether oxygens (including phenoxy) is 1. The van der Waals surface area contributed by atoms with Gasteiger partial charge in [-0.2, -0.15) is 4.98 Å². The van der Waals surface area contributed by atoms with Crippen LogP contribution in [0.4, 0.5) is 5.82 Å². The van der Waals surface area contributed by atoms with Crippen molar-refractivity contribution in [1.82, 2.24) is 19.9 Å². The van der Waals surface area contributed by atoms with Crippen LogP contribution in [0.15, 0.2) is 35.0 Å². The number of nitrogens with zero attached hydrogens (tertiary/aromatic N) is 4. The van der Waals surface area contributed by atoms with Crippen LogP contribution in [0.2, 0.25) is 0 Å². The van der Waals surface area contributed by atoms with Crippen LogP contribution in [0.3, 0.4) is 0 Å². The highest BCUT2D eigenvalue weighted by Gasteiger charge is 2.36. The van der Waals surface area contributed by atoms with Gasteiger partial charge >= 0.3 is 0 Å². The van der Waals surface area contributed by atoms with E-state index in [2.05, 4.69) is 25.3 Å². The predicted octanol–water partition coefficient (Wildman–Crippen LogP) is 3.10. The molecule has 9 heteroatoms. The zero-order chi connectivity index (χ0) is 21.9. The van der Waals surface area contributed by atoms with Gasteiger partial charge in [0.1, 0.15) is 11.4 Å². The zero-order valence-electron chi connectivity index (χ0n) is 17.5. The molecular weight excluding hydrogens is 410 g/mol. The number of hydrogen-bond acceptors (Lipinski definition) is 8. The van der Waals surface area contributed by atoms with Gasteiger partial charge in [-0.05, 0) is 38.0 Å². The molecule has 1 aliphatic carbocycles. The van der Waals surface area contributed by atoms with Gasteiger partial charge in [0.05, 0.1) is 17.9 Å². The second-order valence-electron chi connectivity index (χ2n) is 8.51. The number of carbonyl (C=O) groups excluding carboxylic acids is 1. The van der Waals surface area contributed by atoms with E-state index in [-0.39, 0.29) is 18.4 Å². The maximum Gasteiger partial charge on any atom is 0.231 e. The average Bonchev–Trinajstić information content (AvgIpc) is 3.41. The summed E-state index contributed by atoms with van der Waals surface area (Å²) >= 11 is 0. The lowest BCUT2D eigenvalue weighted by Gasteiger charge is -2.18. The molecule has 6 rings (SSSR count). The Balaban J connectivity index is 1.43. The summed E-state index contributed by atoms with van der Waals surface area (Å²) in [6.07, 6.45) is 5.75. The van der Waals surface area contributed by atoms with Crippen LogP contribution in [0.5, 0.6) is 0 Å². The van der Waals surface area contributed by atoms with E-state index in [0.717, 1.165) is 29.3 Å². The molecule has 162 valence electrons. The van der Waals surface area contributed by atoms with Crippen molar-refractivity contribution in [3.8, 4) is 11.5 Å². The number of hydrogen-bond donors (Lipinski definition) is 2. The van der Waals surface area contributed by atoms with Gasteiger partial charge in [-0.25, -0.2) is 9.97 Å². The number of anilines is 1. The van der Waals surface area contributed by atoms with Crippen molar-refractivity contribution in [2.75, 3.05) is 18.5 Å². The first-order valence-electron chi connectivity index (χ1n) is 10.6. The highest BCUT2D eigenvalue weighted by Crippen LogP contribution is 2.35. The minimum Gasteiger partial charge on any atom is -0.434 e. The number of oxazole rings is 1. The van der Waals surface area contributed by atoms with E-state index >= 15 is 0 Å². The normalized spacial score (nSPS) is 20.8. The van der Waals surface area contributed by atoms with Crippen LogP contribution >= 0.6 is 0 Å². The van der Waals surface area contributed by atoms with Crippen molar-refractivity contribution in [2.24, 2.45) is 5.92 Å². The third kappa shape index (κ3) is 3.21. The Morgan fingerprint density at radius 3 is 2.84 bits per heavy atom. The van der Waals surface area contributed by atoms with Crippen molar-refractivity contribution in [3.05, 3.63) is 42.0 Å². The molecule has 1 saturated carbocycles. The van der Waals surface area contributed by atoms with Crippen molar-refractivity contribution in [3.63, 3.8) is 0 Å². The molecule has 1 atom stereocenters. The second kappa shape index (κ2) is 7.04. The SMILES string of the molecule is Cc1ncc(-c2nc3nc(C4(O)CCOC4)ccc3o2)c2cc(NC(=O)C3CC3)ncc12. The van der Waals surface area contributed by atoms with Crippen LogP contribution in [0.25, 0.3) is 33.5 Å². The Morgan fingerprint density at radius 1 is 1.19 bits per heavy atom. The number of rotatable bonds is 4. The van der Waals surface area contributed by atoms with Crippen LogP contribution < -0.4 is 5.32 Å². The molecule has 1 saturated heterocycles. The van der Waals surface area contributed by atoms with Crippen molar-refractivity contribution in [1.29, 1.82) is 0 Å². The van der Waals surface area contributed by atoms with E-state index in [4.69, 9.17) is 9.15 Å². The van der Waals surface area contributed by atoms with Crippen LogP contribution in [-0.2, 0) is 15.1 Å². The summed E-state index contributed by atoms with van der Waals surface area (Å²) in [5, 5.41) is 15.3. The van der Waals surface area contributed by atoms with Crippen molar-refractivity contribution < 1.29 is 19.1 Å². The molecule has 1 unspecified atom stereocenters. The maximum absolute atomic E-state index is 12.2.